The van der Waals surface area contributed by atoms with Crippen molar-refractivity contribution >= 4 is 27.3 Å². The van der Waals surface area contributed by atoms with Crippen molar-refractivity contribution < 1.29 is 22.5 Å². The van der Waals surface area contributed by atoms with E-state index in [2.05, 4.69) is 10.1 Å². The van der Waals surface area contributed by atoms with Gasteiger partial charge in [0.1, 0.15) is 4.21 Å². The van der Waals surface area contributed by atoms with Crippen molar-refractivity contribution in [2.45, 2.75) is 30.4 Å². The molecule has 2 aromatic rings. The predicted octanol–water partition coefficient (Wildman–Crippen LogP) is 1.62. The van der Waals surface area contributed by atoms with E-state index in [0.29, 0.717) is 69.4 Å². The van der Waals surface area contributed by atoms with Gasteiger partial charge >= 0.3 is 0 Å². The summed E-state index contributed by atoms with van der Waals surface area (Å²) in [4.78, 5) is 18.8. The summed E-state index contributed by atoms with van der Waals surface area (Å²) < 4.78 is 38.4. The minimum Gasteiger partial charge on any atom is -0.378 e. The molecule has 1 atom stereocenters. The molecule has 1 amide bonds. The number of hydrogen-bond acceptors (Lipinski definition) is 8. The molecule has 4 rings (SSSR count). The molecule has 9 nitrogen and oxygen atoms in total. The number of morpholine rings is 1. The van der Waals surface area contributed by atoms with Crippen molar-refractivity contribution in [1.29, 1.82) is 0 Å². The Morgan fingerprint density at radius 1 is 1.31 bits per heavy atom. The maximum Gasteiger partial charge on any atom is 0.252 e. The lowest BCUT2D eigenvalue weighted by molar-refractivity contribution is -0.140. The smallest absolute Gasteiger partial charge is 0.252 e. The Hall–Kier alpha value is -1.82. The van der Waals surface area contributed by atoms with Crippen molar-refractivity contribution in [2.75, 3.05) is 39.4 Å². The number of aromatic nitrogens is 2. The molecule has 0 bridgehead atoms. The topological polar surface area (TPSA) is 106 Å². The predicted molar refractivity (Wildman–Crippen MR) is 106 cm³/mol. The summed E-state index contributed by atoms with van der Waals surface area (Å²) in [6, 6.07) is 1.58. The molecular weight excluding hydrogens is 416 g/mol. The molecule has 0 aliphatic carbocycles. The van der Waals surface area contributed by atoms with Gasteiger partial charge in [0, 0.05) is 43.5 Å². The molecule has 2 aromatic heterocycles. The van der Waals surface area contributed by atoms with Crippen LogP contribution in [-0.2, 0) is 26.0 Å². The molecule has 2 fully saturated rings. The molecule has 1 unspecified atom stereocenters. The van der Waals surface area contributed by atoms with E-state index in [0.717, 1.165) is 11.3 Å². The van der Waals surface area contributed by atoms with E-state index in [4.69, 9.17) is 9.26 Å². The van der Waals surface area contributed by atoms with Gasteiger partial charge in [-0.1, -0.05) is 12.1 Å². The minimum atomic E-state index is -3.67. The number of piperidine rings is 1. The van der Waals surface area contributed by atoms with Gasteiger partial charge in [0.05, 0.1) is 19.1 Å². The number of hydrogen-bond donors (Lipinski definition) is 0. The van der Waals surface area contributed by atoms with E-state index in [-0.39, 0.29) is 22.6 Å². The van der Waals surface area contributed by atoms with Gasteiger partial charge in [-0.05, 0) is 18.9 Å². The first-order valence-electron chi connectivity index (χ1n) is 9.77. The number of carbonyl (C=O) groups is 1. The average molecular weight is 441 g/mol. The number of aryl methyl sites for hydroxylation is 1. The summed E-state index contributed by atoms with van der Waals surface area (Å²) in [6.07, 6.45) is 2.00. The Morgan fingerprint density at radius 3 is 2.83 bits per heavy atom. The highest BCUT2D eigenvalue weighted by atomic mass is 32.2. The zero-order chi connectivity index (χ0) is 20.4. The molecule has 0 spiro atoms. The summed E-state index contributed by atoms with van der Waals surface area (Å²) in [5.74, 6) is 0.619. The van der Waals surface area contributed by atoms with Crippen molar-refractivity contribution in [3.63, 3.8) is 0 Å². The molecule has 0 N–H and O–H groups in total. The molecule has 11 heteroatoms. The van der Waals surface area contributed by atoms with Crippen molar-refractivity contribution in [3.8, 4) is 11.4 Å². The van der Waals surface area contributed by atoms with Crippen LogP contribution in [0.5, 0.6) is 0 Å². The lowest BCUT2D eigenvalue weighted by Crippen LogP contribution is -2.49. The van der Waals surface area contributed by atoms with Crippen LogP contribution in [-0.4, -0.2) is 73.1 Å². The molecule has 0 aromatic carbocycles. The van der Waals surface area contributed by atoms with E-state index in [1.54, 1.807) is 16.3 Å². The molecule has 158 valence electrons. The Kier molecular flexibility index (Phi) is 6.00. The molecule has 2 aliphatic heterocycles. The first-order valence-corrected chi connectivity index (χ1v) is 12.1. The van der Waals surface area contributed by atoms with Gasteiger partial charge in [-0.15, -0.1) is 11.3 Å². The van der Waals surface area contributed by atoms with Crippen LogP contribution in [0.3, 0.4) is 0 Å². The summed E-state index contributed by atoms with van der Waals surface area (Å²) >= 11 is 1.14. The molecular formula is C18H24N4O5S2. The average Bonchev–Trinajstić information content (AvgIpc) is 3.43. The van der Waals surface area contributed by atoms with E-state index in [9.17, 15) is 13.2 Å². The number of carbonyl (C=O) groups excluding carboxylic acids is 1. The van der Waals surface area contributed by atoms with Crippen LogP contribution in [0.4, 0.5) is 0 Å². The van der Waals surface area contributed by atoms with Crippen molar-refractivity contribution in [2.24, 2.45) is 5.92 Å². The number of thiophene rings is 1. The molecule has 0 saturated carbocycles. The lowest BCUT2D eigenvalue weighted by Gasteiger charge is -2.35. The maximum absolute atomic E-state index is 13.2. The first-order chi connectivity index (χ1) is 14.0. The molecule has 4 heterocycles. The second-order valence-corrected chi connectivity index (χ2v) is 10.2. The van der Waals surface area contributed by atoms with Crippen molar-refractivity contribution in [1.82, 2.24) is 19.3 Å². The summed E-state index contributed by atoms with van der Waals surface area (Å²) in [6.45, 7) is 4.76. The van der Waals surface area contributed by atoms with Crippen LogP contribution < -0.4 is 0 Å². The number of sulfonamides is 1. The third-order valence-electron chi connectivity index (χ3n) is 5.25. The highest BCUT2D eigenvalue weighted by Crippen LogP contribution is 2.31. The van der Waals surface area contributed by atoms with Crippen LogP contribution in [0.1, 0.15) is 25.7 Å². The summed E-state index contributed by atoms with van der Waals surface area (Å²) in [7, 11) is -3.67. The monoisotopic (exact) mass is 440 g/mol. The summed E-state index contributed by atoms with van der Waals surface area (Å²) in [5.41, 5.74) is 0.620. The Balaban J connectivity index is 1.48. The van der Waals surface area contributed by atoms with Crippen molar-refractivity contribution in [3.05, 3.63) is 17.3 Å². The van der Waals surface area contributed by atoms with Gasteiger partial charge in [-0.3, -0.25) is 4.79 Å². The van der Waals surface area contributed by atoms with Crippen LogP contribution in [0.25, 0.3) is 11.4 Å². The van der Waals surface area contributed by atoms with Crippen LogP contribution in [0.2, 0.25) is 0 Å². The van der Waals surface area contributed by atoms with Gasteiger partial charge in [0.2, 0.25) is 17.6 Å². The van der Waals surface area contributed by atoms with Gasteiger partial charge in [0.15, 0.2) is 0 Å². The SMILES string of the molecule is CCc1nc(-c2csc(S(=O)(=O)N3CCCC(C(=O)N4CCOCC4)C3)c2)no1. The second-order valence-electron chi connectivity index (χ2n) is 7.16. The fourth-order valence-corrected chi connectivity index (χ4v) is 6.45. The standard InChI is InChI=1S/C18H24N4O5S2/c1-2-15-19-17(20-27-15)14-10-16(28-12-14)29(24,25)22-5-3-4-13(11-22)18(23)21-6-8-26-9-7-21/h10,12-13H,2-9,11H2,1H3. The Labute approximate surface area is 173 Å². The molecule has 2 aliphatic rings. The van der Waals surface area contributed by atoms with Gasteiger partial charge in [0.25, 0.3) is 10.0 Å². The van der Waals surface area contributed by atoms with Crippen LogP contribution >= 0.6 is 11.3 Å². The number of amides is 1. The van der Waals surface area contributed by atoms with Gasteiger partial charge in [-0.25, -0.2) is 8.42 Å². The zero-order valence-corrected chi connectivity index (χ0v) is 17.9. The largest absolute Gasteiger partial charge is 0.378 e. The van der Waals surface area contributed by atoms with E-state index < -0.39 is 10.0 Å². The Bertz CT molecular complexity index is 965. The van der Waals surface area contributed by atoms with E-state index in [1.807, 2.05) is 6.92 Å². The van der Waals surface area contributed by atoms with Gasteiger partial charge < -0.3 is 14.2 Å². The second kappa shape index (κ2) is 8.50. The Morgan fingerprint density at radius 2 is 2.10 bits per heavy atom. The fourth-order valence-electron chi connectivity index (χ4n) is 3.62. The zero-order valence-electron chi connectivity index (χ0n) is 16.2. The quantitative estimate of drug-likeness (QED) is 0.695. The van der Waals surface area contributed by atoms with Crippen LogP contribution in [0, 0.1) is 5.92 Å². The normalized spacial score (nSPS) is 21.4. The molecule has 0 radical (unpaired) electrons. The summed E-state index contributed by atoms with van der Waals surface area (Å²) in [5, 5.41) is 5.62. The highest BCUT2D eigenvalue weighted by molar-refractivity contribution is 7.91. The maximum atomic E-state index is 13.2. The number of rotatable bonds is 5. The third-order valence-corrected chi connectivity index (χ3v) is 8.53. The van der Waals surface area contributed by atoms with E-state index >= 15 is 0 Å². The van der Waals surface area contributed by atoms with Gasteiger partial charge in [-0.2, -0.15) is 9.29 Å². The fraction of sp³-hybridized carbons (Fsp3) is 0.611. The van der Waals surface area contributed by atoms with E-state index in [1.165, 1.54) is 4.31 Å². The minimum absolute atomic E-state index is 0.0268. The highest BCUT2D eigenvalue weighted by Gasteiger charge is 2.36. The van der Waals surface area contributed by atoms with Crippen LogP contribution in [0.15, 0.2) is 20.2 Å². The third kappa shape index (κ3) is 4.23. The molecule has 29 heavy (non-hydrogen) atoms. The number of ether oxygens (including phenoxy) is 1. The molecule has 2 saturated heterocycles. The lowest BCUT2D eigenvalue weighted by atomic mass is 9.98. The first kappa shape index (κ1) is 20.5. The number of nitrogens with zero attached hydrogens (tertiary/aromatic N) is 4.